The highest BCUT2D eigenvalue weighted by Gasteiger charge is 2.25. The van der Waals surface area contributed by atoms with Crippen LogP contribution in [0.5, 0.6) is 0 Å². The minimum atomic E-state index is -0.274. The summed E-state index contributed by atoms with van der Waals surface area (Å²) < 4.78 is 5.26. The maximum atomic E-state index is 12.3. The molecule has 0 bridgehead atoms. The zero-order chi connectivity index (χ0) is 17.6. The third kappa shape index (κ3) is 9.29. The smallest absolute Gasteiger partial charge is 0.325 e. The number of hydrogen-bond acceptors (Lipinski definition) is 3. The second-order valence-corrected chi connectivity index (χ2v) is 7.22. The Kier molecular flexibility index (Phi) is 11.6. The summed E-state index contributed by atoms with van der Waals surface area (Å²) in [5.41, 5.74) is 0. The summed E-state index contributed by atoms with van der Waals surface area (Å²) >= 11 is 0. The van der Waals surface area contributed by atoms with Gasteiger partial charge in [0.05, 0.1) is 6.61 Å². The van der Waals surface area contributed by atoms with Gasteiger partial charge in [0.25, 0.3) is 0 Å². The molecular formula is C20H37NO3. The number of nitrogens with zero attached hydrogens (tertiary/aromatic N) is 1. The van der Waals surface area contributed by atoms with Gasteiger partial charge in [-0.05, 0) is 19.3 Å². The normalized spacial score (nSPS) is 15.2. The summed E-state index contributed by atoms with van der Waals surface area (Å²) in [6.07, 6.45) is 15.3. The number of carbonyl (C=O) groups is 2. The number of hydrogen-bond donors (Lipinski definition) is 0. The number of esters is 1. The monoisotopic (exact) mass is 339 g/mol. The van der Waals surface area contributed by atoms with Gasteiger partial charge in [-0.1, -0.05) is 71.1 Å². The Hall–Kier alpha value is -1.06. The molecule has 0 N–H and O–H groups in total. The van der Waals surface area contributed by atoms with Crippen molar-refractivity contribution in [2.75, 3.05) is 20.2 Å². The SMILES string of the molecule is CCCCCCCCCCOC(=O)CN(C)C(=O)C1CCCCC1. The third-order valence-electron chi connectivity index (χ3n) is 4.96. The molecule has 0 aromatic carbocycles. The van der Waals surface area contributed by atoms with Crippen LogP contribution < -0.4 is 0 Å². The first-order valence-corrected chi connectivity index (χ1v) is 10.1. The predicted octanol–water partition coefficient (Wildman–Crippen LogP) is 4.71. The third-order valence-corrected chi connectivity index (χ3v) is 4.96. The molecule has 0 spiro atoms. The van der Waals surface area contributed by atoms with Crippen molar-refractivity contribution in [2.45, 2.75) is 90.4 Å². The second-order valence-electron chi connectivity index (χ2n) is 7.22. The Morgan fingerprint density at radius 2 is 1.50 bits per heavy atom. The van der Waals surface area contributed by atoms with Crippen LogP contribution in [0.1, 0.15) is 90.4 Å². The zero-order valence-corrected chi connectivity index (χ0v) is 15.9. The van der Waals surface area contributed by atoms with E-state index in [1.165, 1.54) is 44.9 Å². The Balaban J connectivity index is 2.01. The van der Waals surface area contributed by atoms with Crippen LogP contribution in [0.3, 0.4) is 0 Å². The Morgan fingerprint density at radius 1 is 0.917 bits per heavy atom. The number of amides is 1. The first-order chi connectivity index (χ1) is 11.6. The van der Waals surface area contributed by atoms with Gasteiger partial charge >= 0.3 is 5.97 Å². The van der Waals surface area contributed by atoms with E-state index >= 15 is 0 Å². The molecule has 140 valence electrons. The molecule has 0 aromatic heterocycles. The van der Waals surface area contributed by atoms with Gasteiger partial charge in [-0.2, -0.15) is 0 Å². The van der Waals surface area contributed by atoms with E-state index < -0.39 is 0 Å². The predicted molar refractivity (Wildman–Crippen MR) is 97.8 cm³/mol. The minimum Gasteiger partial charge on any atom is -0.464 e. The molecular weight excluding hydrogens is 302 g/mol. The van der Waals surface area contributed by atoms with Crippen molar-refractivity contribution in [3.05, 3.63) is 0 Å². The van der Waals surface area contributed by atoms with E-state index in [4.69, 9.17) is 4.74 Å². The van der Waals surface area contributed by atoms with E-state index in [2.05, 4.69) is 6.92 Å². The van der Waals surface area contributed by atoms with Gasteiger partial charge in [-0.15, -0.1) is 0 Å². The lowest BCUT2D eigenvalue weighted by molar-refractivity contribution is -0.150. The van der Waals surface area contributed by atoms with E-state index in [1.54, 1.807) is 11.9 Å². The standard InChI is InChI=1S/C20H37NO3/c1-3-4-5-6-7-8-9-13-16-24-19(22)17-21(2)20(23)18-14-11-10-12-15-18/h18H,3-17H2,1-2H3. The van der Waals surface area contributed by atoms with E-state index in [1.807, 2.05) is 0 Å². The largest absolute Gasteiger partial charge is 0.464 e. The van der Waals surface area contributed by atoms with Crippen LogP contribution in [0, 0.1) is 5.92 Å². The lowest BCUT2D eigenvalue weighted by atomic mass is 9.88. The van der Waals surface area contributed by atoms with Crippen molar-refractivity contribution in [1.29, 1.82) is 0 Å². The van der Waals surface area contributed by atoms with Gasteiger partial charge < -0.3 is 9.64 Å². The number of likely N-dealkylation sites (N-methyl/N-ethyl adjacent to an activating group) is 1. The Morgan fingerprint density at radius 3 is 2.12 bits per heavy atom. The first-order valence-electron chi connectivity index (χ1n) is 10.1. The van der Waals surface area contributed by atoms with Crippen LogP contribution >= 0.6 is 0 Å². The molecule has 4 heteroatoms. The van der Waals surface area contributed by atoms with Crippen molar-refractivity contribution in [3.8, 4) is 0 Å². The first kappa shape index (κ1) is 21.0. The molecule has 4 nitrogen and oxygen atoms in total. The number of ether oxygens (including phenoxy) is 1. The van der Waals surface area contributed by atoms with E-state index in [9.17, 15) is 9.59 Å². The highest BCUT2D eigenvalue weighted by molar-refractivity contribution is 5.83. The summed E-state index contributed by atoms with van der Waals surface area (Å²) in [7, 11) is 1.72. The van der Waals surface area contributed by atoms with Crippen LogP contribution in [0.2, 0.25) is 0 Å². The van der Waals surface area contributed by atoms with Crippen molar-refractivity contribution in [1.82, 2.24) is 4.90 Å². The minimum absolute atomic E-state index is 0.0896. The van der Waals surface area contributed by atoms with Crippen LogP contribution in [-0.2, 0) is 14.3 Å². The van der Waals surface area contributed by atoms with Crippen molar-refractivity contribution < 1.29 is 14.3 Å². The topological polar surface area (TPSA) is 46.6 Å². The molecule has 1 aliphatic carbocycles. The van der Waals surface area contributed by atoms with Gasteiger partial charge in [-0.3, -0.25) is 9.59 Å². The van der Waals surface area contributed by atoms with Crippen molar-refractivity contribution in [2.24, 2.45) is 5.92 Å². The van der Waals surface area contributed by atoms with E-state index in [-0.39, 0.29) is 24.3 Å². The number of carbonyl (C=O) groups excluding carboxylic acids is 2. The lowest BCUT2D eigenvalue weighted by Gasteiger charge is -2.25. The molecule has 1 aliphatic rings. The Bertz CT molecular complexity index is 351. The van der Waals surface area contributed by atoms with Crippen LogP contribution in [-0.4, -0.2) is 37.0 Å². The summed E-state index contributed by atoms with van der Waals surface area (Å²) in [5.74, 6) is -0.0485. The summed E-state index contributed by atoms with van der Waals surface area (Å²) in [4.78, 5) is 25.7. The van der Waals surface area contributed by atoms with Crippen molar-refractivity contribution in [3.63, 3.8) is 0 Å². The fraction of sp³-hybridized carbons (Fsp3) is 0.900. The molecule has 0 unspecified atom stereocenters. The maximum Gasteiger partial charge on any atom is 0.325 e. The molecule has 1 saturated carbocycles. The van der Waals surface area contributed by atoms with Crippen LogP contribution in [0.25, 0.3) is 0 Å². The molecule has 0 heterocycles. The average Bonchev–Trinajstić information content (AvgIpc) is 2.60. The van der Waals surface area contributed by atoms with E-state index in [0.29, 0.717) is 6.61 Å². The van der Waals surface area contributed by atoms with Crippen LogP contribution in [0.4, 0.5) is 0 Å². The van der Waals surface area contributed by atoms with Crippen molar-refractivity contribution >= 4 is 11.9 Å². The van der Waals surface area contributed by atoms with E-state index in [0.717, 1.165) is 38.5 Å². The highest BCUT2D eigenvalue weighted by Crippen LogP contribution is 2.25. The number of rotatable bonds is 12. The lowest BCUT2D eigenvalue weighted by Crippen LogP contribution is -2.38. The van der Waals surface area contributed by atoms with Gasteiger partial charge in [-0.25, -0.2) is 0 Å². The van der Waals surface area contributed by atoms with Gasteiger partial charge in [0.15, 0.2) is 0 Å². The highest BCUT2D eigenvalue weighted by atomic mass is 16.5. The van der Waals surface area contributed by atoms with Gasteiger partial charge in [0.1, 0.15) is 6.54 Å². The molecule has 0 saturated heterocycles. The molecule has 1 rings (SSSR count). The molecule has 1 fully saturated rings. The zero-order valence-electron chi connectivity index (χ0n) is 15.9. The molecule has 24 heavy (non-hydrogen) atoms. The fourth-order valence-corrected chi connectivity index (χ4v) is 3.40. The summed E-state index contributed by atoms with van der Waals surface area (Å²) in [6, 6.07) is 0. The molecule has 0 atom stereocenters. The second kappa shape index (κ2) is 13.3. The van der Waals surface area contributed by atoms with Gasteiger partial charge in [0.2, 0.25) is 5.91 Å². The van der Waals surface area contributed by atoms with Crippen LogP contribution in [0.15, 0.2) is 0 Å². The quantitative estimate of drug-likeness (QED) is 0.382. The summed E-state index contributed by atoms with van der Waals surface area (Å²) in [6.45, 7) is 2.81. The maximum absolute atomic E-state index is 12.3. The fourth-order valence-electron chi connectivity index (χ4n) is 3.40. The molecule has 0 radical (unpaired) electrons. The van der Waals surface area contributed by atoms with Gasteiger partial charge in [0, 0.05) is 13.0 Å². The molecule has 1 amide bonds. The Labute approximate surface area is 148 Å². The summed E-state index contributed by atoms with van der Waals surface area (Å²) in [5, 5.41) is 0. The average molecular weight is 340 g/mol. The molecule has 0 aromatic rings. The number of unbranched alkanes of at least 4 members (excludes halogenated alkanes) is 7. The molecule has 0 aliphatic heterocycles.